The fourth-order valence-corrected chi connectivity index (χ4v) is 3.18. The van der Waals surface area contributed by atoms with E-state index in [1.54, 1.807) is 50.2 Å². The largest absolute Gasteiger partial charge is 0.454 e. The van der Waals surface area contributed by atoms with Crippen molar-refractivity contribution in [2.45, 2.75) is 26.8 Å². The summed E-state index contributed by atoms with van der Waals surface area (Å²) in [5.74, 6) is -2.22. The van der Waals surface area contributed by atoms with Gasteiger partial charge in [-0.15, -0.1) is 0 Å². The van der Waals surface area contributed by atoms with E-state index in [-0.39, 0.29) is 18.4 Å². The summed E-state index contributed by atoms with van der Waals surface area (Å²) in [4.78, 5) is 50.9. The number of hydrogen-bond donors (Lipinski definition) is 2. The number of esters is 1. The molecule has 0 saturated heterocycles. The van der Waals surface area contributed by atoms with E-state index in [0.717, 1.165) is 5.56 Å². The van der Waals surface area contributed by atoms with Gasteiger partial charge in [0.15, 0.2) is 6.61 Å². The smallest absolute Gasteiger partial charge is 0.329 e. The predicted molar refractivity (Wildman–Crippen MR) is 116 cm³/mol. The summed E-state index contributed by atoms with van der Waals surface area (Å²) in [7, 11) is 0. The Morgan fingerprint density at radius 2 is 1.77 bits per heavy atom. The molecule has 3 amide bonds. The number of nitrogens with zero attached hydrogens (tertiary/aromatic N) is 1. The molecule has 8 nitrogen and oxygen atoms in total. The Hall–Kier alpha value is -3.68. The van der Waals surface area contributed by atoms with Gasteiger partial charge in [-0.05, 0) is 37.1 Å². The van der Waals surface area contributed by atoms with Crippen molar-refractivity contribution in [1.29, 1.82) is 0 Å². The zero-order chi connectivity index (χ0) is 22.5. The first-order valence-electron chi connectivity index (χ1n) is 9.99. The first kappa shape index (κ1) is 22.0. The highest BCUT2D eigenvalue weighted by atomic mass is 16.5. The maximum atomic E-state index is 12.7. The molecule has 0 radical (unpaired) electrons. The van der Waals surface area contributed by atoms with E-state index in [4.69, 9.17) is 4.74 Å². The van der Waals surface area contributed by atoms with Crippen molar-refractivity contribution in [1.82, 2.24) is 5.32 Å². The van der Waals surface area contributed by atoms with Crippen LogP contribution in [0.4, 0.5) is 11.4 Å². The van der Waals surface area contributed by atoms with Gasteiger partial charge in [0.2, 0.25) is 5.91 Å². The number of amides is 3. The molecule has 1 atom stereocenters. The number of rotatable bonds is 6. The van der Waals surface area contributed by atoms with Crippen LogP contribution in [-0.2, 0) is 19.1 Å². The molecule has 0 aliphatic carbocycles. The number of para-hydroxylation sites is 2. The highest BCUT2D eigenvalue weighted by Gasteiger charge is 2.30. The minimum absolute atomic E-state index is 0.162. The summed E-state index contributed by atoms with van der Waals surface area (Å²) >= 11 is 0. The highest BCUT2D eigenvalue weighted by Crippen LogP contribution is 2.28. The van der Waals surface area contributed by atoms with Crippen LogP contribution in [0.15, 0.2) is 48.5 Å². The average Bonchev–Trinajstić information content (AvgIpc) is 2.75. The van der Waals surface area contributed by atoms with Crippen LogP contribution < -0.4 is 15.5 Å². The monoisotopic (exact) mass is 423 g/mol. The van der Waals surface area contributed by atoms with Crippen LogP contribution in [0.1, 0.15) is 29.8 Å². The van der Waals surface area contributed by atoms with Crippen LogP contribution in [0.25, 0.3) is 0 Å². The summed E-state index contributed by atoms with van der Waals surface area (Å²) in [6.07, 6.45) is 0. The Balaban J connectivity index is 1.64. The van der Waals surface area contributed by atoms with Gasteiger partial charge in [0, 0.05) is 5.56 Å². The molecule has 2 N–H and O–H groups in total. The summed E-state index contributed by atoms with van der Waals surface area (Å²) in [5.41, 5.74) is 2.50. The Kier molecular flexibility index (Phi) is 6.69. The minimum atomic E-state index is -0.918. The van der Waals surface area contributed by atoms with Gasteiger partial charge in [-0.3, -0.25) is 19.3 Å². The van der Waals surface area contributed by atoms with Gasteiger partial charge in [0.25, 0.3) is 11.8 Å². The molecule has 1 aliphatic heterocycles. The van der Waals surface area contributed by atoms with Crippen LogP contribution in [0, 0.1) is 12.8 Å². The quantitative estimate of drug-likeness (QED) is 0.694. The van der Waals surface area contributed by atoms with E-state index >= 15 is 0 Å². The average molecular weight is 423 g/mol. The molecular weight excluding hydrogens is 398 g/mol. The predicted octanol–water partition coefficient (Wildman–Crippen LogP) is 2.28. The first-order valence-corrected chi connectivity index (χ1v) is 9.99. The van der Waals surface area contributed by atoms with Gasteiger partial charge in [-0.25, -0.2) is 4.79 Å². The molecule has 1 unspecified atom stereocenters. The number of nitrogens with one attached hydrogen (secondary N) is 2. The molecule has 1 aliphatic rings. The van der Waals surface area contributed by atoms with Crippen molar-refractivity contribution >= 4 is 35.1 Å². The normalized spacial score (nSPS) is 13.8. The van der Waals surface area contributed by atoms with E-state index in [0.29, 0.717) is 16.9 Å². The number of benzene rings is 2. The molecule has 1 heterocycles. The van der Waals surface area contributed by atoms with Crippen molar-refractivity contribution in [3.63, 3.8) is 0 Å². The van der Waals surface area contributed by atoms with Crippen LogP contribution in [0.5, 0.6) is 0 Å². The zero-order valence-electron chi connectivity index (χ0n) is 17.7. The van der Waals surface area contributed by atoms with Gasteiger partial charge < -0.3 is 15.4 Å². The van der Waals surface area contributed by atoms with E-state index in [1.165, 1.54) is 4.90 Å². The molecule has 0 saturated carbocycles. The Morgan fingerprint density at radius 1 is 1.10 bits per heavy atom. The summed E-state index contributed by atoms with van der Waals surface area (Å²) < 4.78 is 5.21. The summed E-state index contributed by atoms with van der Waals surface area (Å²) in [5, 5.41) is 5.37. The number of carbonyl (C=O) groups is 4. The Morgan fingerprint density at radius 3 is 2.45 bits per heavy atom. The van der Waals surface area contributed by atoms with Gasteiger partial charge in [-0.2, -0.15) is 0 Å². The molecule has 8 heteroatoms. The van der Waals surface area contributed by atoms with E-state index < -0.39 is 30.4 Å². The topological polar surface area (TPSA) is 105 Å². The maximum Gasteiger partial charge on any atom is 0.329 e. The molecule has 0 fully saturated rings. The maximum absolute atomic E-state index is 12.7. The van der Waals surface area contributed by atoms with Crippen molar-refractivity contribution < 1.29 is 23.9 Å². The summed E-state index contributed by atoms with van der Waals surface area (Å²) in [6, 6.07) is 12.9. The lowest BCUT2D eigenvalue weighted by atomic mass is 10.0. The number of ether oxygens (including phenoxy) is 1. The summed E-state index contributed by atoms with van der Waals surface area (Å²) in [6.45, 7) is 4.76. The van der Waals surface area contributed by atoms with Crippen LogP contribution in [-0.4, -0.2) is 42.9 Å². The van der Waals surface area contributed by atoms with Gasteiger partial charge in [-0.1, -0.05) is 43.7 Å². The fraction of sp³-hybridized carbons (Fsp3) is 0.304. The minimum Gasteiger partial charge on any atom is -0.454 e. The lowest BCUT2D eigenvalue weighted by Gasteiger charge is -2.29. The zero-order valence-corrected chi connectivity index (χ0v) is 17.7. The molecule has 31 heavy (non-hydrogen) atoms. The number of carbonyl (C=O) groups excluding carboxylic acids is 4. The first-order chi connectivity index (χ1) is 14.8. The lowest BCUT2D eigenvalue weighted by molar-refractivity contribution is -0.150. The van der Waals surface area contributed by atoms with Gasteiger partial charge in [0.1, 0.15) is 12.6 Å². The highest BCUT2D eigenvalue weighted by molar-refractivity contribution is 6.10. The molecule has 0 spiro atoms. The van der Waals surface area contributed by atoms with Crippen molar-refractivity contribution in [3.8, 4) is 0 Å². The second kappa shape index (κ2) is 9.42. The molecule has 0 aromatic heterocycles. The molecule has 162 valence electrons. The third-order valence-corrected chi connectivity index (χ3v) is 4.93. The number of anilines is 2. The van der Waals surface area contributed by atoms with E-state index in [1.807, 2.05) is 19.1 Å². The van der Waals surface area contributed by atoms with Crippen molar-refractivity contribution in [2.75, 3.05) is 23.4 Å². The number of fused-ring (bicyclic) bond motifs is 1. The van der Waals surface area contributed by atoms with Crippen molar-refractivity contribution in [3.05, 3.63) is 59.7 Å². The van der Waals surface area contributed by atoms with Gasteiger partial charge >= 0.3 is 5.97 Å². The molecule has 2 aromatic rings. The van der Waals surface area contributed by atoms with E-state index in [2.05, 4.69) is 10.6 Å². The lowest BCUT2D eigenvalue weighted by Crippen LogP contribution is -2.47. The standard InChI is InChI=1S/C23H25N3O5/c1-14(2)21(25-22(29)16-10-8-15(3)9-11-16)23(30)31-13-20(28)26-12-19(27)24-17-6-4-5-7-18(17)26/h4-11,14,21H,12-13H2,1-3H3,(H,24,27)(H,25,29). The third kappa shape index (κ3) is 5.28. The Labute approximate surface area is 180 Å². The van der Waals surface area contributed by atoms with Crippen LogP contribution in [0.2, 0.25) is 0 Å². The van der Waals surface area contributed by atoms with E-state index in [9.17, 15) is 19.2 Å². The number of aryl methyl sites for hydroxylation is 1. The van der Waals surface area contributed by atoms with Crippen LogP contribution in [0.3, 0.4) is 0 Å². The second-order valence-corrected chi connectivity index (χ2v) is 7.71. The Bertz CT molecular complexity index is 1000. The molecule has 3 rings (SSSR count). The van der Waals surface area contributed by atoms with Gasteiger partial charge in [0.05, 0.1) is 11.4 Å². The van der Waals surface area contributed by atoms with Crippen molar-refractivity contribution in [2.24, 2.45) is 5.92 Å². The fourth-order valence-electron chi connectivity index (χ4n) is 3.18. The third-order valence-electron chi connectivity index (χ3n) is 4.93. The number of hydrogen-bond acceptors (Lipinski definition) is 5. The SMILES string of the molecule is Cc1ccc(C(=O)NC(C(=O)OCC(=O)N2CC(=O)Nc3ccccc32)C(C)C)cc1. The molecule has 2 aromatic carbocycles. The second-order valence-electron chi connectivity index (χ2n) is 7.71. The molecule has 0 bridgehead atoms. The van der Waals surface area contributed by atoms with Crippen LogP contribution >= 0.6 is 0 Å². The molecular formula is C23H25N3O5.